The molecule has 2 unspecified atom stereocenters. The maximum atomic E-state index is 11.8. The van der Waals surface area contributed by atoms with Gasteiger partial charge in [-0.05, 0) is 31.1 Å². The Hall–Kier alpha value is -0.330. The summed E-state index contributed by atoms with van der Waals surface area (Å²) in [6.07, 6.45) is 9.48. The molecule has 1 aliphatic rings. The third-order valence-electron chi connectivity index (χ3n) is 3.90. The van der Waals surface area contributed by atoms with E-state index in [0.717, 1.165) is 31.1 Å². The van der Waals surface area contributed by atoms with Crippen molar-refractivity contribution in [3.63, 3.8) is 0 Å². The van der Waals surface area contributed by atoms with Crippen LogP contribution in [0.1, 0.15) is 72.1 Å². The molecule has 16 heavy (non-hydrogen) atoms. The Morgan fingerprint density at radius 3 is 2.69 bits per heavy atom. The lowest BCUT2D eigenvalue weighted by Crippen LogP contribution is -2.25. The molecule has 1 heteroatoms. The van der Waals surface area contributed by atoms with E-state index in [-0.39, 0.29) is 0 Å². The summed E-state index contributed by atoms with van der Waals surface area (Å²) in [4.78, 5) is 11.8. The van der Waals surface area contributed by atoms with E-state index in [2.05, 4.69) is 20.8 Å². The molecule has 2 atom stereocenters. The molecule has 0 saturated heterocycles. The van der Waals surface area contributed by atoms with Crippen LogP contribution in [0.15, 0.2) is 0 Å². The lowest BCUT2D eigenvalue weighted by atomic mass is 9.76. The highest BCUT2D eigenvalue weighted by atomic mass is 16.1. The van der Waals surface area contributed by atoms with Crippen LogP contribution in [0.2, 0.25) is 0 Å². The van der Waals surface area contributed by atoms with E-state index >= 15 is 0 Å². The Kier molecular flexibility index (Phi) is 6.08. The zero-order valence-corrected chi connectivity index (χ0v) is 11.3. The first-order valence-electron chi connectivity index (χ1n) is 7.16. The number of Topliss-reactive ketones (excluding diaryl/α,β-unsaturated/α-hetero) is 1. The lowest BCUT2D eigenvalue weighted by molar-refractivity contribution is -0.126. The predicted molar refractivity (Wildman–Crippen MR) is 69.4 cm³/mol. The highest BCUT2D eigenvalue weighted by Crippen LogP contribution is 2.32. The van der Waals surface area contributed by atoms with E-state index in [1.807, 2.05) is 0 Å². The quantitative estimate of drug-likeness (QED) is 0.644. The van der Waals surface area contributed by atoms with Crippen molar-refractivity contribution in [1.29, 1.82) is 0 Å². The molecule has 0 amide bonds. The standard InChI is InChI=1S/C15H28O/c1-4-6-13-9-10-15(16)14(11-13)8-5-7-12(2)3/h12-14H,4-11H2,1-3H3. The van der Waals surface area contributed by atoms with E-state index in [4.69, 9.17) is 0 Å². The van der Waals surface area contributed by atoms with Crippen LogP contribution >= 0.6 is 0 Å². The smallest absolute Gasteiger partial charge is 0.135 e. The maximum absolute atomic E-state index is 11.8. The molecule has 94 valence electrons. The first-order valence-corrected chi connectivity index (χ1v) is 7.16. The monoisotopic (exact) mass is 224 g/mol. The summed E-state index contributed by atoms with van der Waals surface area (Å²) in [7, 11) is 0. The molecule has 0 radical (unpaired) electrons. The summed E-state index contributed by atoms with van der Waals surface area (Å²) in [5.41, 5.74) is 0. The summed E-state index contributed by atoms with van der Waals surface area (Å²) in [6, 6.07) is 0. The molecule has 1 fully saturated rings. The van der Waals surface area contributed by atoms with Crippen molar-refractivity contribution in [3.8, 4) is 0 Å². The van der Waals surface area contributed by atoms with Crippen molar-refractivity contribution >= 4 is 5.78 Å². The van der Waals surface area contributed by atoms with Crippen molar-refractivity contribution < 1.29 is 4.79 Å². The van der Waals surface area contributed by atoms with Gasteiger partial charge in [0.25, 0.3) is 0 Å². The van der Waals surface area contributed by atoms with Gasteiger partial charge in [-0.15, -0.1) is 0 Å². The topological polar surface area (TPSA) is 17.1 Å². The van der Waals surface area contributed by atoms with Crippen molar-refractivity contribution in [3.05, 3.63) is 0 Å². The summed E-state index contributed by atoms with van der Waals surface area (Å²) in [5.74, 6) is 2.58. The van der Waals surface area contributed by atoms with Gasteiger partial charge in [-0.3, -0.25) is 4.79 Å². The number of rotatable bonds is 6. The average Bonchev–Trinajstić information content (AvgIpc) is 2.22. The van der Waals surface area contributed by atoms with Crippen LogP contribution in [0, 0.1) is 17.8 Å². The van der Waals surface area contributed by atoms with Crippen molar-refractivity contribution in [2.45, 2.75) is 72.1 Å². The Bertz CT molecular complexity index is 207. The zero-order chi connectivity index (χ0) is 12.0. The Morgan fingerprint density at radius 1 is 1.31 bits per heavy atom. The molecular formula is C15H28O. The number of hydrogen-bond donors (Lipinski definition) is 0. The SMILES string of the molecule is CCCC1CCC(=O)C(CCCC(C)C)C1. The van der Waals surface area contributed by atoms with E-state index < -0.39 is 0 Å². The lowest BCUT2D eigenvalue weighted by Gasteiger charge is -2.28. The van der Waals surface area contributed by atoms with E-state index in [9.17, 15) is 4.79 Å². The van der Waals surface area contributed by atoms with Crippen molar-refractivity contribution in [2.24, 2.45) is 17.8 Å². The molecule has 1 rings (SSSR count). The van der Waals surface area contributed by atoms with Crippen LogP contribution in [0.4, 0.5) is 0 Å². The minimum atomic E-state index is 0.407. The zero-order valence-electron chi connectivity index (χ0n) is 11.3. The number of carbonyl (C=O) groups excluding carboxylic acids is 1. The molecule has 1 saturated carbocycles. The number of ketones is 1. The number of hydrogen-bond acceptors (Lipinski definition) is 1. The Balaban J connectivity index is 2.29. The van der Waals surface area contributed by atoms with Crippen LogP contribution in [0.5, 0.6) is 0 Å². The highest BCUT2D eigenvalue weighted by molar-refractivity contribution is 5.81. The molecule has 0 aromatic carbocycles. The Morgan fingerprint density at radius 2 is 2.06 bits per heavy atom. The minimum absolute atomic E-state index is 0.407. The van der Waals surface area contributed by atoms with Crippen molar-refractivity contribution in [1.82, 2.24) is 0 Å². The molecule has 0 bridgehead atoms. The molecule has 1 aliphatic carbocycles. The molecule has 0 heterocycles. The van der Waals surface area contributed by atoms with Gasteiger partial charge in [0.15, 0.2) is 0 Å². The van der Waals surface area contributed by atoms with Crippen LogP contribution in [-0.4, -0.2) is 5.78 Å². The van der Waals surface area contributed by atoms with Gasteiger partial charge in [-0.1, -0.05) is 46.5 Å². The van der Waals surface area contributed by atoms with Gasteiger partial charge >= 0.3 is 0 Å². The van der Waals surface area contributed by atoms with Gasteiger partial charge in [0, 0.05) is 12.3 Å². The third kappa shape index (κ3) is 4.67. The molecule has 0 N–H and O–H groups in total. The van der Waals surface area contributed by atoms with Crippen LogP contribution < -0.4 is 0 Å². The van der Waals surface area contributed by atoms with Gasteiger partial charge in [0.05, 0.1) is 0 Å². The van der Waals surface area contributed by atoms with Gasteiger partial charge in [-0.25, -0.2) is 0 Å². The molecule has 1 nitrogen and oxygen atoms in total. The van der Waals surface area contributed by atoms with Crippen molar-refractivity contribution in [2.75, 3.05) is 0 Å². The second-order valence-electron chi connectivity index (χ2n) is 5.92. The van der Waals surface area contributed by atoms with Gasteiger partial charge < -0.3 is 0 Å². The summed E-state index contributed by atoms with van der Waals surface area (Å²) in [5, 5.41) is 0. The highest BCUT2D eigenvalue weighted by Gasteiger charge is 2.27. The normalized spacial score (nSPS) is 26.4. The molecule has 0 aromatic rings. The maximum Gasteiger partial charge on any atom is 0.135 e. The fraction of sp³-hybridized carbons (Fsp3) is 0.933. The second kappa shape index (κ2) is 7.09. The van der Waals surface area contributed by atoms with E-state index in [0.29, 0.717) is 11.7 Å². The van der Waals surface area contributed by atoms with E-state index in [1.165, 1.54) is 32.1 Å². The van der Waals surface area contributed by atoms with Crippen LogP contribution in [-0.2, 0) is 4.79 Å². The van der Waals surface area contributed by atoms with Gasteiger partial charge in [0.2, 0.25) is 0 Å². The van der Waals surface area contributed by atoms with E-state index in [1.54, 1.807) is 0 Å². The second-order valence-corrected chi connectivity index (χ2v) is 5.92. The summed E-state index contributed by atoms with van der Waals surface area (Å²) >= 11 is 0. The first kappa shape index (κ1) is 13.7. The largest absolute Gasteiger partial charge is 0.299 e. The van der Waals surface area contributed by atoms with Crippen LogP contribution in [0.3, 0.4) is 0 Å². The molecule has 0 aromatic heterocycles. The minimum Gasteiger partial charge on any atom is -0.299 e. The first-order chi connectivity index (χ1) is 7.63. The molecular weight excluding hydrogens is 196 g/mol. The predicted octanol–water partition coefficient (Wildman–Crippen LogP) is 4.60. The third-order valence-corrected chi connectivity index (χ3v) is 3.90. The summed E-state index contributed by atoms with van der Waals surface area (Å²) in [6.45, 7) is 6.79. The van der Waals surface area contributed by atoms with Crippen LogP contribution in [0.25, 0.3) is 0 Å². The van der Waals surface area contributed by atoms with Gasteiger partial charge in [0.1, 0.15) is 5.78 Å². The summed E-state index contributed by atoms with van der Waals surface area (Å²) < 4.78 is 0. The fourth-order valence-electron chi connectivity index (χ4n) is 2.92. The van der Waals surface area contributed by atoms with Gasteiger partial charge in [-0.2, -0.15) is 0 Å². The Labute approximate surface area is 101 Å². The fourth-order valence-corrected chi connectivity index (χ4v) is 2.92. The molecule has 0 spiro atoms. The molecule has 0 aliphatic heterocycles. The average molecular weight is 224 g/mol. The number of carbonyl (C=O) groups is 1.